The largest absolute Gasteiger partial charge is 0.393 e. The first-order valence-electron chi connectivity index (χ1n) is 4.22. The second kappa shape index (κ2) is 4.72. The Morgan fingerprint density at radius 3 is 2.85 bits per heavy atom. The Morgan fingerprint density at radius 1 is 1.54 bits per heavy atom. The molecular formula is C10H12BrFO. The second-order valence-corrected chi connectivity index (χ2v) is 3.89. The second-order valence-electron chi connectivity index (χ2n) is 3.10. The molecule has 72 valence electrons. The molecule has 0 aliphatic carbocycles. The molecule has 0 heterocycles. The maximum Gasteiger partial charge on any atom is 0.137 e. The van der Waals surface area contributed by atoms with Gasteiger partial charge in [0.1, 0.15) is 5.82 Å². The normalized spacial score (nSPS) is 12.9. The van der Waals surface area contributed by atoms with E-state index in [1.54, 1.807) is 13.0 Å². The van der Waals surface area contributed by atoms with E-state index >= 15 is 0 Å². The standard InChI is InChI=1S/C10H12BrFO/c1-7(13)5-6-8-3-2-4-9(12)10(8)11/h2-4,7,13H,5-6H2,1H3/t7-/m0/s1. The number of halogens is 2. The molecule has 0 spiro atoms. The smallest absolute Gasteiger partial charge is 0.137 e. The van der Waals surface area contributed by atoms with Gasteiger partial charge in [0.2, 0.25) is 0 Å². The van der Waals surface area contributed by atoms with Gasteiger partial charge in [0.05, 0.1) is 10.6 Å². The molecule has 3 heteroatoms. The van der Waals surface area contributed by atoms with Crippen molar-refractivity contribution in [3.05, 3.63) is 34.1 Å². The van der Waals surface area contributed by atoms with Gasteiger partial charge < -0.3 is 5.11 Å². The van der Waals surface area contributed by atoms with E-state index in [0.717, 1.165) is 5.56 Å². The van der Waals surface area contributed by atoms with Crippen molar-refractivity contribution < 1.29 is 9.50 Å². The molecular weight excluding hydrogens is 235 g/mol. The molecule has 0 fully saturated rings. The fraction of sp³-hybridized carbons (Fsp3) is 0.400. The van der Waals surface area contributed by atoms with Gasteiger partial charge in [0, 0.05) is 0 Å². The third kappa shape index (κ3) is 3.08. The summed E-state index contributed by atoms with van der Waals surface area (Å²) in [5, 5.41) is 9.06. The zero-order chi connectivity index (χ0) is 9.84. The number of rotatable bonds is 3. The van der Waals surface area contributed by atoms with Crippen LogP contribution < -0.4 is 0 Å². The zero-order valence-electron chi connectivity index (χ0n) is 7.43. The van der Waals surface area contributed by atoms with E-state index < -0.39 is 0 Å². The average molecular weight is 247 g/mol. The molecule has 1 nitrogen and oxygen atoms in total. The minimum absolute atomic E-state index is 0.247. The highest BCUT2D eigenvalue weighted by molar-refractivity contribution is 9.10. The zero-order valence-corrected chi connectivity index (χ0v) is 9.01. The Kier molecular flexibility index (Phi) is 3.88. The van der Waals surface area contributed by atoms with Crippen molar-refractivity contribution in [1.29, 1.82) is 0 Å². The molecule has 0 radical (unpaired) electrons. The predicted octanol–water partition coefficient (Wildman–Crippen LogP) is 2.90. The number of hydrogen-bond donors (Lipinski definition) is 1. The van der Waals surface area contributed by atoms with E-state index in [0.29, 0.717) is 17.3 Å². The summed E-state index contributed by atoms with van der Waals surface area (Å²) in [5.41, 5.74) is 0.904. The Morgan fingerprint density at radius 2 is 2.23 bits per heavy atom. The summed E-state index contributed by atoms with van der Waals surface area (Å²) < 4.78 is 13.5. The highest BCUT2D eigenvalue weighted by atomic mass is 79.9. The number of aryl methyl sites for hydroxylation is 1. The van der Waals surface area contributed by atoms with E-state index in [-0.39, 0.29) is 11.9 Å². The molecule has 0 bridgehead atoms. The van der Waals surface area contributed by atoms with Crippen LogP contribution in [0.4, 0.5) is 4.39 Å². The molecule has 1 rings (SSSR count). The van der Waals surface area contributed by atoms with Gasteiger partial charge in [-0.15, -0.1) is 0 Å². The van der Waals surface area contributed by atoms with Crippen LogP contribution in [0.3, 0.4) is 0 Å². The minimum Gasteiger partial charge on any atom is -0.393 e. The van der Waals surface area contributed by atoms with Gasteiger partial charge in [0.15, 0.2) is 0 Å². The molecule has 1 aromatic carbocycles. The maximum atomic E-state index is 13.0. The third-order valence-corrected chi connectivity index (χ3v) is 2.75. The van der Waals surface area contributed by atoms with Crippen LogP contribution in [0.15, 0.2) is 22.7 Å². The quantitative estimate of drug-likeness (QED) is 0.870. The molecule has 0 amide bonds. The number of aliphatic hydroxyl groups excluding tert-OH is 1. The van der Waals surface area contributed by atoms with Crippen molar-refractivity contribution in [3.8, 4) is 0 Å². The van der Waals surface area contributed by atoms with E-state index in [1.807, 2.05) is 6.07 Å². The molecule has 0 saturated heterocycles. The van der Waals surface area contributed by atoms with Crippen molar-refractivity contribution in [2.24, 2.45) is 0 Å². The van der Waals surface area contributed by atoms with Crippen LogP contribution >= 0.6 is 15.9 Å². The van der Waals surface area contributed by atoms with Crippen molar-refractivity contribution >= 4 is 15.9 Å². The minimum atomic E-state index is -0.338. The Balaban J connectivity index is 2.71. The molecule has 0 unspecified atom stereocenters. The number of hydrogen-bond acceptors (Lipinski definition) is 1. The monoisotopic (exact) mass is 246 g/mol. The lowest BCUT2D eigenvalue weighted by Crippen LogP contribution is -2.02. The fourth-order valence-electron chi connectivity index (χ4n) is 1.11. The summed E-state index contributed by atoms with van der Waals surface area (Å²) in [5.74, 6) is -0.247. The van der Waals surface area contributed by atoms with Crippen LogP contribution in [0, 0.1) is 5.82 Å². The van der Waals surface area contributed by atoms with E-state index in [9.17, 15) is 4.39 Å². The first kappa shape index (κ1) is 10.7. The molecule has 0 saturated carbocycles. The van der Waals surface area contributed by atoms with Gasteiger partial charge >= 0.3 is 0 Å². The van der Waals surface area contributed by atoms with Gasteiger partial charge in [-0.1, -0.05) is 12.1 Å². The molecule has 1 atom stereocenters. The van der Waals surface area contributed by atoms with Gasteiger partial charge in [-0.25, -0.2) is 4.39 Å². The van der Waals surface area contributed by atoms with Crippen molar-refractivity contribution in [2.45, 2.75) is 25.9 Å². The van der Waals surface area contributed by atoms with Gasteiger partial charge in [-0.3, -0.25) is 0 Å². The van der Waals surface area contributed by atoms with Crippen LogP contribution in [0.25, 0.3) is 0 Å². The molecule has 0 aliphatic heterocycles. The first-order valence-corrected chi connectivity index (χ1v) is 5.01. The Bertz CT molecular complexity index is 286. The maximum absolute atomic E-state index is 13.0. The fourth-order valence-corrected chi connectivity index (χ4v) is 1.57. The lowest BCUT2D eigenvalue weighted by Gasteiger charge is -2.06. The molecule has 0 aliphatic rings. The number of benzene rings is 1. The summed E-state index contributed by atoms with van der Waals surface area (Å²) in [4.78, 5) is 0. The summed E-state index contributed by atoms with van der Waals surface area (Å²) in [7, 11) is 0. The van der Waals surface area contributed by atoms with Crippen molar-refractivity contribution in [3.63, 3.8) is 0 Å². The van der Waals surface area contributed by atoms with Crippen molar-refractivity contribution in [2.75, 3.05) is 0 Å². The Hall–Kier alpha value is -0.410. The van der Waals surface area contributed by atoms with Crippen LogP contribution in [0.2, 0.25) is 0 Å². The SMILES string of the molecule is C[C@H](O)CCc1cccc(F)c1Br. The molecule has 13 heavy (non-hydrogen) atoms. The molecule has 0 aromatic heterocycles. The average Bonchev–Trinajstić information content (AvgIpc) is 2.07. The number of aliphatic hydroxyl groups is 1. The highest BCUT2D eigenvalue weighted by Crippen LogP contribution is 2.21. The van der Waals surface area contributed by atoms with E-state index in [2.05, 4.69) is 15.9 Å². The lowest BCUT2D eigenvalue weighted by atomic mass is 10.1. The predicted molar refractivity (Wildman–Crippen MR) is 54.1 cm³/mol. The van der Waals surface area contributed by atoms with Gasteiger partial charge in [0.25, 0.3) is 0 Å². The molecule has 1 aromatic rings. The highest BCUT2D eigenvalue weighted by Gasteiger charge is 2.05. The Labute approximate surface area is 85.7 Å². The van der Waals surface area contributed by atoms with Crippen LogP contribution in [-0.4, -0.2) is 11.2 Å². The van der Waals surface area contributed by atoms with E-state index in [4.69, 9.17) is 5.11 Å². The third-order valence-electron chi connectivity index (χ3n) is 1.86. The summed E-state index contributed by atoms with van der Waals surface area (Å²) in [6.07, 6.45) is 1.01. The summed E-state index contributed by atoms with van der Waals surface area (Å²) >= 11 is 3.17. The van der Waals surface area contributed by atoms with Crippen LogP contribution in [-0.2, 0) is 6.42 Å². The van der Waals surface area contributed by atoms with E-state index in [1.165, 1.54) is 6.07 Å². The van der Waals surface area contributed by atoms with Crippen LogP contribution in [0.1, 0.15) is 18.9 Å². The summed E-state index contributed by atoms with van der Waals surface area (Å²) in [6, 6.07) is 4.95. The first-order chi connectivity index (χ1) is 6.11. The van der Waals surface area contributed by atoms with Crippen LogP contribution in [0.5, 0.6) is 0 Å². The topological polar surface area (TPSA) is 20.2 Å². The lowest BCUT2D eigenvalue weighted by molar-refractivity contribution is 0.185. The summed E-state index contributed by atoms with van der Waals surface area (Å²) in [6.45, 7) is 1.73. The molecule has 1 N–H and O–H groups in total. The van der Waals surface area contributed by atoms with Crippen molar-refractivity contribution in [1.82, 2.24) is 0 Å². The van der Waals surface area contributed by atoms with Gasteiger partial charge in [-0.05, 0) is 47.3 Å². The van der Waals surface area contributed by atoms with Gasteiger partial charge in [-0.2, -0.15) is 0 Å².